The van der Waals surface area contributed by atoms with Crippen molar-refractivity contribution in [2.45, 2.75) is 58.9 Å². The molecule has 2 aromatic heterocycles. The summed E-state index contributed by atoms with van der Waals surface area (Å²) in [5.41, 5.74) is 6.07. The molecule has 33 heavy (non-hydrogen) atoms. The van der Waals surface area contributed by atoms with Gasteiger partial charge >= 0.3 is 0 Å². The normalized spacial score (nSPS) is 14.5. The van der Waals surface area contributed by atoms with Gasteiger partial charge in [0.15, 0.2) is 5.65 Å². The van der Waals surface area contributed by atoms with Crippen molar-refractivity contribution >= 4 is 23.1 Å². The van der Waals surface area contributed by atoms with Gasteiger partial charge in [0, 0.05) is 41.5 Å². The monoisotopic (exact) mass is 446 g/mol. The van der Waals surface area contributed by atoms with Crippen molar-refractivity contribution < 1.29 is 4.79 Å². The molecule has 1 aliphatic rings. The molecule has 174 valence electrons. The van der Waals surface area contributed by atoms with Gasteiger partial charge in [-0.3, -0.25) is 4.79 Å². The van der Waals surface area contributed by atoms with E-state index in [1.54, 1.807) is 6.08 Å². The van der Waals surface area contributed by atoms with E-state index < -0.39 is 0 Å². The van der Waals surface area contributed by atoms with E-state index in [0.29, 0.717) is 18.4 Å². The van der Waals surface area contributed by atoms with E-state index >= 15 is 0 Å². The molecule has 0 saturated carbocycles. The number of fused-ring (bicyclic) bond motifs is 1. The molecule has 0 radical (unpaired) electrons. The van der Waals surface area contributed by atoms with Crippen LogP contribution in [0, 0.1) is 0 Å². The number of nitrogens with zero attached hydrogens (tertiary/aromatic N) is 3. The van der Waals surface area contributed by atoms with E-state index in [2.05, 4.69) is 47.0 Å². The van der Waals surface area contributed by atoms with Gasteiger partial charge in [0.2, 0.25) is 5.91 Å². The second kappa shape index (κ2) is 10.2. The molecular weight excluding hydrogens is 412 g/mol. The largest absolute Gasteiger partial charge is 0.366 e. The maximum atomic E-state index is 12.1. The van der Waals surface area contributed by atoms with Crippen LogP contribution in [0.25, 0.3) is 5.65 Å². The predicted molar refractivity (Wildman–Crippen MR) is 134 cm³/mol. The second-order valence-corrected chi connectivity index (χ2v) is 9.35. The minimum Gasteiger partial charge on any atom is -0.366 e. The van der Waals surface area contributed by atoms with Crippen LogP contribution in [-0.2, 0) is 11.3 Å². The molecule has 3 N–H and O–H groups in total. The first-order valence-electron chi connectivity index (χ1n) is 11.8. The third-order valence-electron chi connectivity index (χ3n) is 5.99. The Balaban J connectivity index is 1.58. The lowest BCUT2D eigenvalue weighted by atomic mass is 9.94. The number of carbonyl (C=O) groups excluding carboxylic acids is 1. The summed E-state index contributed by atoms with van der Waals surface area (Å²) >= 11 is 0. The highest BCUT2D eigenvalue weighted by molar-refractivity contribution is 5.99. The third kappa shape index (κ3) is 5.60. The molecular formula is C26H34N6O. The summed E-state index contributed by atoms with van der Waals surface area (Å²) in [5.74, 6) is 1.65. The van der Waals surface area contributed by atoms with E-state index in [1.165, 1.54) is 0 Å². The third-order valence-corrected chi connectivity index (χ3v) is 5.99. The maximum absolute atomic E-state index is 12.1. The summed E-state index contributed by atoms with van der Waals surface area (Å²) in [6, 6.07) is 10.1. The van der Waals surface area contributed by atoms with Gasteiger partial charge < -0.3 is 16.0 Å². The number of allylic oxidation sites excluding steroid dienone is 1. The Morgan fingerprint density at radius 3 is 2.76 bits per heavy atom. The number of hydrogen-bond acceptors (Lipinski definition) is 5. The van der Waals surface area contributed by atoms with Gasteiger partial charge in [0.05, 0.1) is 6.20 Å². The van der Waals surface area contributed by atoms with Crippen molar-refractivity contribution in [3.05, 3.63) is 65.0 Å². The zero-order valence-corrected chi connectivity index (χ0v) is 20.0. The summed E-state index contributed by atoms with van der Waals surface area (Å²) in [4.78, 5) is 17.1. The van der Waals surface area contributed by atoms with Gasteiger partial charge in [-0.1, -0.05) is 31.6 Å². The molecule has 3 aromatic rings. The van der Waals surface area contributed by atoms with Gasteiger partial charge in [-0.2, -0.15) is 9.61 Å². The van der Waals surface area contributed by atoms with Gasteiger partial charge in [-0.05, 0) is 63.4 Å². The van der Waals surface area contributed by atoms with Crippen LogP contribution >= 0.6 is 0 Å². The average molecular weight is 447 g/mol. The quantitative estimate of drug-likeness (QED) is 0.453. The Hall–Kier alpha value is -3.19. The van der Waals surface area contributed by atoms with Crippen LogP contribution in [0.5, 0.6) is 0 Å². The predicted octanol–water partition coefficient (Wildman–Crippen LogP) is 4.84. The number of nitrogens with one attached hydrogen (secondary N) is 3. The molecule has 7 nitrogen and oxygen atoms in total. The van der Waals surface area contributed by atoms with Crippen molar-refractivity contribution in [3.63, 3.8) is 0 Å². The standard InChI is InChI=1S/C26H34N6O/c1-17(2)12-25(33)30-21-7-5-6-19(13-21)15-28-24-14-23(20-8-10-27-11-9-20)31-26-22(18(3)4)16-29-32(24)26/h5-7,12-14,16,18,20,27-28H,8-11,15H2,1-4H3,(H,30,33). The lowest BCUT2D eigenvalue weighted by Gasteiger charge is -2.23. The van der Waals surface area contributed by atoms with E-state index in [-0.39, 0.29) is 5.91 Å². The molecule has 0 spiro atoms. The number of benzene rings is 1. The van der Waals surface area contributed by atoms with E-state index in [4.69, 9.17) is 4.98 Å². The van der Waals surface area contributed by atoms with Crippen LogP contribution in [0.4, 0.5) is 11.5 Å². The van der Waals surface area contributed by atoms with E-state index in [1.807, 2.05) is 42.8 Å². The topological polar surface area (TPSA) is 83.4 Å². The molecule has 1 saturated heterocycles. The fourth-order valence-corrected chi connectivity index (χ4v) is 4.25. The Kier molecular flexibility index (Phi) is 7.08. The summed E-state index contributed by atoms with van der Waals surface area (Å²) < 4.78 is 1.92. The zero-order valence-electron chi connectivity index (χ0n) is 20.0. The summed E-state index contributed by atoms with van der Waals surface area (Å²) in [6.45, 7) is 10.9. The number of amides is 1. The molecule has 4 rings (SSSR count). The number of hydrogen-bond donors (Lipinski definition) is 3. The molecule has 0 bridgehead atoms. The molecule has 0 unspecified atom stereocenters. The molecule has 0 atom stereocenters. The van der Waals surface area contributed by atoms with Crippen LogP contribution < -0.4 is 16.0 Å². The van der Waals surface area contributed by atoms with Crippen LogP contribution in [-0.4, -0.2) is 33.6 Å². The fraction of sp³-hybridized carbons (Fsp3) is 0.423. The molecule has 1 aromatic carbocycles. The molecule has 1 aliphatic heterocycles. The smallest absolute Gasteiger partial charge is 0.248 e. The molecule has 0 aliphatic carbocycles. The molecule has 1 amide bonds. The minimum atomic E-state index is -0.111. The van der Waals surface area contributed by atoms with Crippen molar-refractivity contribution in [2.75, 3.05) is 23.7 Å². The fourth-order valence-electron chi connectivity index (χ4n) is 4.25. The van der Waals surface area contributed by atoms with Crippen molar-refractivity contribution in [2.24, 2.45) is 0 Å². The Morgan fingerprint density at radius 1 is 1.24 bits per heavy atom. The highest BCUT2D eigenvalue weighted by Gasteiger charge is 2.20. The zero-order chi connectivity index (χ0) is 23.4. The van der Waals surface area contributed by atoms with Crippen LogP contribution in [0.15, 0.2) is 48.2 Å². The van der Waals surface area contributed by atoms with Crippen LogP contribution in [0.3, 0.4) is 0 Å². The number of rotatable bonds is 7. The summed E-state index contributed by atoms with van der Waals surface area (Å²) in [6.07, 6.45) is 5.73. The first-order chi connectivity index (χ1) is 15.9. The Labute approximate surface area is 195 Å². The van der Waals surface area contributed by atoms with Crippen molar-refractivity contribution in [1.82, 2.24) is 19.9 Å². The summed E-state index contributed by atoms with van der Waals surface area (Å²) in [5, 5.41) is 14.6. The van der Waals surface area contributed by atoms with Gasteiger partial charge in [-0.15, -0.1) is 0 Å². The lowest BCUT2D eigenvalue weighted by Crippen LogP contribution is -2.27. The number of piperidine rings is 1. The molecule has 7 heteroatoms. The van der Waals surface area contributed by atoms with Gasteiger partial charge in [0.25, 0.3) is 0 Å². The first kappa shape index (κ1) is 23.0. The van der Waals surface area contributed by atoms with Gasteiger partial charge in [0.1, 0.15) is 5.82 Å². The summed E-state index contributed by atoms with van der Waals surface area (Å²) in [7, 11) is 0. The van der Waals surface area contributed by atoms with Crippen LogP contribution in [0.2, 0.25) is 0 Å². The van der Waals surface area contributed by atoms with E-state index in [9.17, 15) is 4.79 Å². The highest BCUT2D eigenvalue weighted by Crippen LogP contribution is 2.29. The SMILES string of the molecule is CC(C)=CC(=O)Nc1cccc(CNc2cc(C3CCNCC3)nc3c(C(C)C)cnn23)c1. The molecule has 3 heterocycles. The lowest BCUT2D eigenvalue weighted by molar-refractivity contribution is -0.111. The maximum Gasteiger partial charge on any atom is 0.248 e. The van der Waals surface area contributed by atoms with Crippen molar-refractivity contribution in [3.8, 4) is 0 Å². The molecule has 1 fully saturated rings. The second-order valence-electron chi connectivity index (χ2n) is 9.35. The highest BCUT2D eigenvalue weighted by atomic mass is 16.1. The number of carbonyl (C=O) groups is 1. The average Bonchev–Trinajstić information content (AvgIpc) is 3.22. The minimum absolute atomic E-state index is 0.111. The van der Waals surface area contributed by atoms with Gasteiger partial charge in [-0.25, -0.2) is 4.98 Å². The van der Waals surface area contributed by atoms with E-state index in [0.717, 1.165) is 65.5 Å². The van der Waals surface area contributed by atoms with Crippen LogP contribution in [0.1, 0.15) is 69.2 Å². The number of anilines is 2. The first-order valence-corrected chi connectivity index (χ1v) is 11.8. The van der Waals surface area contributed by atoms with Crippen molar-refractivity contribution in [1.29, 1.82) is 0 Å². The number of aromatic nitrogens is 3. The Morgan fingerprint density at radius 2 is 2.03 bits per heavy atom. The Bertz CT molecular complexity index is 1150.